The second-order valence-electron chi connectivity index (χ2n) is 4.49. The Labute approximate surface area is 117 Å². The molecule has 0 fully saturated rings. The van der Waals surface area contributed by atoms with E-state index in [-0.39, 0.29) is 17.3 Å². The zero-order chi connectivity index (χ0) is 14.7. The lowest BCUT2D eigenvalue weighted by Crippen LogP contribution is -2.42. The first-order valence-corrected chi connectivity index (χ1v) is 8.63. The first kappa shape index (κ1) is 16.3. The second kappa shape index (κ2) is 6.12. The van der Waals surface area contributed by atoms with Crippen molar-refractivity contribution in [2.45, 2.75) is 30.9 Å². The Balaban J connectivity index is 2.84. The summed E-state index contributed by atoms with van der Waals surface area (Å²) in [5.41, 5.74) is 4.47. The van der Waals surface area contributed by atoms with Gasteiger partial charge in [-0.3, -0.25) is 4.68 Å². The molecule has 1 unspecified atom stereocenters. The van der Waals surface area contributed by atoms with Gasteiger partial charge in [-0.2, -0.15) is 16.9 Å². The van der Waals surface area contributed by atoms with Crippen LogP contribution in [0.5, 0.6) is 0 Å². The normalized spacial score (nSPS) is 15.4. The third kappa shape index (κ3) is 4.37. The molecule has 0 spiro atoms. The Kier molecular flexibility index (Phi) is 5.25. The highest BCUT2D eigenvalue weighted by Crippen LogP contribution is 2.17. The van der Waals surface area contributed by atoms with Gasteiger partial charge in [-0.25, -0.2) is 13.1 Å². The number of hydrogen-bond donors (Lipinski definition) is 3. The van der Waals surface area contributed by atoms with Crippen molar-refractivity contribution < 1.29 is 13.5 Å². The van der Waals surface area contributed by atoms with Gasteiger partial charge in [0.2, 0.25) is 10.0 Å². The number of sulfonamides is 1. The van der Waals surface area contributed by atoms with Crippen molar-refractivity contribution in [3.63, 3.8) is 0 Å². The molecule has 1 aromatic rings. The average Bonchev–Trinajstić information content (AvgIpc) is 2.69. The van der Waals surface area contributed by atoms with Gasteiger partial charge in [0.25, 0.3) is 0 Å². The fourth-order valence-electron chi connectivity index (χ4n) is 1.48. The molecule has 0 bridgehead atoms. The smallest absolute Gasteiger partial charge is 0.245 e. The number of nitrogens with two attached hydrogens (primary N) is 1. The molecule has 7 nitrogen and oxygen atoms in total. The largest absolute Gasteiger partial charge is 0.388 e. The molecule has 0 radical (unpaired) electrons. The summed E-state index contributed by atoms with van der Waals surface area (Å²) in [6.45, 7) is 3.86. The highest BCUT2D eigenvalue weighted by Gasteiger charge is 2.26. The van der Waals surface area contributed by atoms with Crippen LogP contribution in [0.3, 0.4) is 0 Å². The van der Waals surface area contributed by atoms with Crippen LogP contribution in [0.1, 0.15) is 13.8 Å². The Morgan fingerprint density at radius 1 is 1.63 bits per heavy atom. The van der Waals surface area contributed by atoms with E-state index in [0.717, 1.165) is 0 Å². The van der Waals surface area contributed by atoms with Crippen LogP contribution in [-0.2, 0) is 16.6 Å². The van der Waals surface area contributed by atoms with Crippen molar-refractivity contribution in [3.05, 3.63) is 6.20 Å². The lowest BCUT2D eigenvalue weighted by Gasteiger charge is -2.22. The Bertz CT molecular complexity index is 525. The molecule has 0 aliphatic rings. The van der Waals surface area contributed by atoms with Crippen molar-refractivity contribution >= 4 is 27.6 Å². The minimum absolute atomic E-state index is 0.0427. The van der Waals surface area contributed by atoms with Crippen molar-refractivity contribution in [3.8, 4) is 0 Å². The minimum Gasteiger partial charge on any atom is -0.388 e. The van der Waals surface area contributed by atoms with E-state index in [1.807, 2.05) is 13.2 Å². The third-order valence-electron chi connectivity index (χ3n) is 2.47. The summed E-state index contributed by atoms with van der Waals surface area (Å²) in [6.07, 6.45) is 3.22. The molecule has 0 saturated heterocycles. The third-order valence-corrected chi connectivity index (χ3v) is 4.80. The number of aliphatic hydroxyl groups is 1. The summed E-state index contributed by atoms with van der Waals surface area (Å²) in [6, 6.07) is 0. The van der Waals surface area contributed by atoms with E-state index >= 15 is 0 Å². The van der Waals surface area contributed by atoms with Gasteiger partial charge in [-0.15, -0.1) is 0 Å². The van der Waals surface area contributed by atoms with Crippen LogP contribution in [0.25, 0.3) is 0 Å². The van der Waals surface area contributed by atoms with Gasteiger partial charge in [0.05, 0.1) is 5.60 Å². The molecule has 1 atom stereocenters. The van der Waals surface area contributed by atoms with E-state index in [4.69, 9.17) is 5.73 Å². The highest BCUT2D eigenvalue weighted by atomic mass is 32.2. The van der Waals surface area contributed by atoms with Gasteiger partial charge in [-0.1, -0.05) is 0 Å². The maximum Gasteiger partial charge on any atom is 0.245 e. The van der Waals surface area contributed by atoms with Gasteiger partial charge >= 0.3 is 0 Å². The fraction of sp³-hybridized carbons (Fsp3) is 0.700. The predicted octanol–water partition coefficient (Wildman–Crippen LogP) is -0.122. The molecule has 9 heteroatoms. The summed E-state index contributed by atoms with van der Waals surface area (Å²) < 4.78 is 27.9. The molecule has 0 saturated carbocycles. The predicted molar refractivity (Wildman–Crippen MR) is 76.5 cm³/mol. The molecule has 1 rings (SSSR count). The van der Waals surface area contributed by atoms with Gasteiger partial charge in [0.15, 0.2) is 5.82 Å². The van der Waals surface area contributed by atoms with E-state index in [1.165, 1.54) is 22.6 Å². The molecule has 110 valence electrons. The second-order valence-corrected chi connectivity index (χ2v) is 7.09. The number of aromatic nitrogens is 2. The minimum atomic E-state index is -3.76. The van der Waals surface area contributed by atoms with Gasteiger partial charge in [0, 0.05) is 25.0 Å². The number of rotatable bonds is 7. The number of hydrogen-bond acceptors (Lipinski definition) is 6. The topological polar surface area (TPSA) is 110 Å². The number of nitrogen functional groups attached to an aromatic ring is 1. The molecule has 0 amide bonds. The molecule has 19 heavy (non-hydrogen) atoms. The molecular weight excluding hydrogens is 288 g/mol. The van der Waals surface area contributed by atoms with Crippen LogP contribution in [0.2, 0.25) is 0 Å². The first-order chi connectivity index (χ1) is 8.72. The van der Waals surface area contributed by atoms with Crippen molar-refractivity contribution in [1.29, 1.82) is 0 Å². The van der Waals surface area contributed by atoms with Crippen LogP contribution >= 0.6 is 11.8 Å². The standard InChI is InChI=1S/C10H20N4O3S2/c1-4-14-5-8(9(11)13-14)19(16,17)12-6-10(2,15)7-18-3/h5,12,15H,4,6-7H2,1-3H3,(H2,11,13). The summed E-state index contributed by atoms with van der Waals surface area (Å²) in [5, 5.41) is 13.8. The molecule has 4 N–H and O–H groups in total. The fourth-order valence-corrected chi connectivity index (χ4v) is 3.43. The highest BCUT2D eigenvalue weighted by molar-refractivity contribution is 7.98. The molecule has 1 aromatic heterocycles. The van der Waals surface area contributed by atoms with E-state index in [1.54, 1.807) is 6.92 Å². The number of thioether (sulfide) groups is 1. The first-order valence-electron chi connectivity index (χ1n) is 5.76. The molecule has 0 aliphatic heterocycles. The molecular formula is C10H20N4O3S2. The average molecular weight is 308 g/mol. The van der Waals surface area contributed by atoms with E-state index in [9.17, 15) is 13.5 Å². The monoisotopic (exact) mass is 308 g/mol. The van der Waals surface area contributed by atoms with E-state index in [2.05, 4.69) is 9.82 Å². The van der Waals surface area contributed by atoms with Crippen LogP contribution in [0.4, 0.5) is 5.82 Å². The summed E-state index contributed by atoms with van der Waals surface area (Å²) in [5.74, 6) is 0.387. The summed E-state index contributed by atoms with van der Waals surface area (Å²) >= 11 is 1.44. The van der Waals surface area contributed by atoms with Gasteiger partial charge in [-0.05, 0) is 20.1 Å². The SMILES string of the molecule is CCn1cc(S(=O)(=O)NCC(C)(O)CSC)c(N)n1. The number of aryl methyl sites for hydroxylation is 1. The number of nitrogens with zero attached hydrogens (tertiary/aromatic N) is 2. The zero-order valence-electron chi connectivity index (χ0n) is 11.3. The number of nitrogens with one attached hydrogen (secondary N) is 1. The molecule has 1 heterocycles. The maximum absolute atomic E-state index is 12.1. The van der Waals surface area contributed by atoms with E-state index in [0.29, 0.717) is 12.3 Å². The Hall–Kier alpha value is -0.770. The summed E-state index contributed by atoms with van der Waals surface area (Å²) in [7, 11) is -3.76. The lowest BCUT2D eigenvalue weighted by atomic mass is 10.1. The zero-order valence-corrected chi connectivity index (χ0v) is 12.9. The summed E-state index contributed by atoms with van der Waals surface area (Å²) in [4.78, 5) is -0.0608. The number of anilines is 1. The van der Waals surface area contributed by atoms with Gasteiger partial charge in [0.1, 0.15) is 4.90 Å². The van der Waals surface area contributed by atoms with Crippen LogP contribution in [0, 0.1) is 0 Å². The van der Waals surface area contributed by atoms with Gasteiger partial charge < -0.3 is 10.8 Å². The van der Waals surface area contributed by atoms with Crippen molar-refractivity contribution in [1.82, 2.24) is 14.5 Å². The van der Waals surface area contributed by atoms with Crippen LogP contribution in [-0.4, -0.2) is 47.5 Å². The Morgan fingerprint density at radius 2 is 2.26 bits per heavy atom. The Morgan fingerprint density at radius 3 is 2.74 bits per heavy atom. The molecule has 0 aromatic carbocycles. The van der Waals surface area contributed by atoms with E-state index < -0.39 is 15.6 Å². The van der Waals surface area contributed by atoms with Crippen LogP contribution < -0.4 is 10.5 Å². The molecule has 0 aliphatic carbocycles. The van der Waals surface area contributed by atoms with Crippen molar-refractivity contribution in [2.24, 2.45) is 0 Å². The van der Waals surface area contributed by atoms with Crippen LogP contribution in [0.15, 0.2) is 11.1 Å². The lowest BCUT2D eigenvalue weighted by molar-refractivity contribution is 0.0908. The van der Waals surface area contributed by atoms with Crippen molar-refractivity contribution in [2.75, 3.05) is 24.3 Å². The quantitative estimate of drug-likeness (QED) is 0.647. The maximum atomic E-state index is 12.1.